The maximum atomic E-state index is 13.5. The van der Waals surface area contributed by atoms with Gasteiger partial charge in [0.1, 0.15) is 18.0 Å². The molecule has 0 saturated carbocycles. The fourth-order valence-electron chi connectivity index (χ4n) is 3.67. The number of urea groups is 1. The van der Waals surface area contributed by atoms with Crippen LogP contribution in [0.2, 0.25) is 0 Å². The second kappa shape index (κ2) is 10.5. The van der Waals surface area contributed by atoms with E-state index in [2.05, 4.69) is 27.9 Å². The van der Waals surface area contributed by atoms with Gasteiger partial charge >= 0.3 is 6.03 Å². The Morgan fingerprint density at radius 3 is 2.50 bits per heavy atom. The first-order valence-electron chi connectivity index (χ1n) is 10.9. The molecule has 1 aliphatic rings. The van der Waals surface area contributed by atoms with Crippen LogP contribution >= 0.6 is 22.6 Å². The van der Waals surface area contributed by atoms with Crippen molar-refractivity contribution in [1.29, 1.82) is 0 Å². The molecule has 1 aliphatic heterocycles. The van der Waals surface area contributed by atoms with Crippen molar-refractivity contribution >= 4 is 52.2 Å². The standard InChI is InChI=1S/C27H22FIN2O5/c1-15-7-8-20(9-16(15)2)31-26(33)21(25(32)30-27(31)34)11-18-12-22(29)24(23(13-18)35-3)36-14-17-5-4-6-19(28)10-17/h4-13H,14H2,1-3H3,(H,30,32,34)/b21-11+. The number of anilines is 1. The maximum Gasteiger partial charge on any atom is 0.335 e. The molecule has 1 fully saturated rings. The van der Waals surface area contributed by atoms with Crippen LogP contribution in [0, 0.1) is 23.2 Å². The van der Waals surface area contributed by atoms with Crippen LogP contribution in [0.5, 0.6) is 11.5 Å². The molecular weight excluding hydrogens is 578 g/mol. The Labute approximate surface area is 221 Å². The lowest BCUT2D eigenvalue weighted by Gasteiger charge is -2.27. The average molecular weight is 600 g/mol. The second-order valence-electron chi connectivity index (χ2n) is 8.18. The fraction of sp³-hybridized carbons (Fsp3) is 0.148. The number of carbonyl (C=O) groups is 3. The van der Waals surface area contributed by atoms with E-state index in [0.29, 0.717) is 31.9 Å². The first-order valence-corrected chi connectivity index (χ1v) is 12.0. The Morgan fingerprint density at radius 2 is 1.81 bits per heavy atom. The van der Waals surface area contributed by atoms with Crippen LogP contribution in [0.15, 0.2) is 60.2 Å². The molecule has 3 aromatic carbocycles. The van der Waals surface area contributed by atoms with Gasteiger partial charge in [-0.25, -0.2) is 14.1 Å². The van der Waals surface area contributed by atoms with Crippen LogP contribution in [0.4, 0.5) is 14.9 Å². The third kappa shape index (κ3) is 5.25. The van der Waals surface area contributed by atoms with Gasteiger partial charge in [0, 0.05) is 0 Å². The van der Waals surface area contributed by atoms with Crippen molar-refractivity contribution < 1.29 is 28.2 Å². The van der Waals surface area contributed by atoms with E-state index in [1.807, 2.05) is 13.8 Å². The minimum absolute atomic E-state index is 0.123. The summed E-state index contributed by atoms with van der Waals surface area (Å²) in [6.07, 6.45) is 1.40. The number of methoxy groups -OCH3 is 1. The smallest absolute Gasteiger partial charge is 0.335 e. The Hall–Kier alpha value is -3.73. The van der Waals surface area contributed by atoms with Gasteiger partial charge in [-0.05, 0) is 101 Å². The average Bonchev–Trinajstić information content (AvgIpc) is 2.83. The highest BCUT2D eigenvalue weighted by molar-refractivity contribution is 14.1. The van der Waals surface area contributed by atoms with Gasteiger partial charge in [0.15, 0.2) is 11.5 Å². The molecule has 0 aromatic heterocycles. The van der Waals surface area contributed by atoms with E-state index in [-0.39, 0.29) is 18.0 Å². The van der Waals surface area contributed by atoms with Crippen LogP contribution in [0.25, 0.3) is 6.08 Å². The van der Waals surface area contributed by atoms with Gasteiger partial charge in [0.25, 0.3) is 11.8 Å². The van der Waals surface area contributed by atoms with Crippen LogP contribution < -0.4 is 19.7 Å². The molecule has 4 rings (SSSR count). The molecule has 4 amide bonds. The van der Waals surface area contributed by atoms with Gasteiger partial charge in [-0.3, -0.25) is 14.9 Å². The van der Waals surface area contributed by atoms with E-state index in [9.17, 15) is 18.8 Å². The number of hydrogen-bond acceptors (Lipinski definition) is 5. The van der Waals surface area contributed by atoms with Gasteiger partial charge in [-0.15, -0.1) is 0 Å². The zero-order chi connectivity index (χ0) is 26.0. The number of rotatable bonds is 6. The minimum Gasteiger partial charge on any atom is -0.493 e. The van der Waals surface area contributed by atoms with E-state index < -0.39 is 17.8 Å². The lowest BCUT2D eigenvalue weighted by Crippen LogP contribution is -2.54. The number of nitrogens with zero attached hydrogens (tertiary/aromatic N) is 1. The van der Waals surface area contributed by atoms with Gasteiger partial charge in [0.05, 0.1) is 16.4 Å². The molecule has 36 heavy (non-hydrogen) atoms. The summed E-state index contributed by atoms with van der Waals surface area (Å²) in [4.78, 5) is 39.2. The van der Waals surface area contributed by atoms with Gasteiger partial charge < -0.3 is 9.47 Å². The van der Waals surface area contributed by atoms with Crippen molar-refractivity contribution in [2.75, 3.05) is 12.0 Å². The zero-order valence-corrected chi connectivity index (χ0v) is 21.9. The molecule has 0 spiro atoms. The summed E-state index contributed by atoms with van der Waals surface area (Å²) < 4.78 is 25.5. The molecule has 0 unspecified atom stereocenters. The van der Waals surface area contributed by atoms with E-state index in [1.54, 1.807) is 42.5 Å². The number of barbiturate groups is 1. The highest BCUT2D eigenvalue weighted by Crippen LogP contribution is 2.35. The molecule has 1 saturated heterocycles. The van der Waals surface area contributed by atoms with Crippen LogP contribution in [-0.4, -0.2) is 25.0 Å². The van der Waals surface area contributed by atoms with E-state index in [4.69, 9.17) is 9.47 Å². The molecule has 9 heteroatoms. The van der Waals surface area contributed by atoms with E-state index in [1.165, 1.54) is 25.3 Å². The highest BCUT2D eigenvalue weighted by atomic mass is 127. The normalized spacial score (nSPS) is 14.8. The fourth-order valence-corrected chi connectivity index (χ4v) is 4.45. The Balaban J connectivity index is 1.65. The lowest BCUT2D eigenvalue weighted by atomic mass is 10.0. The molecule has 0 bridgehead atoms. The van der Waals surface area contributed by atoms with Crippen molar-refractivity contribution in [3.63, 3.8) is 0 Å². The molecule has 1 N–H and O–H groups in total. The first kappa shape index (κ1) is 25.4. The molecule has 0 radical (unpaired) electrons. The monoisotopic (exact) mass is 600 g/mol. The maximum absolute atomic E-state index is 13.5. The number of benzene rings is 3. The number of hydrogen-bond donors (Lipinski definition) is 1. The number of amides is 4. The Morgan fingerprint density at radius 1 is 1.03 bits per heavy atom. The van der Waals surface area contributed by atoms with Gasteiger partial charge in [0.2, 0.25) is 0 Å². The van der Waals surface area contributed by atoms with Crippen molar-refractivity contribution in [3.8, 4) is 11.5 Å². The molecule has 7 nitrogen and oxygen atoms in total. The van der Waals surface area contributed by atoms with Gasteiger partial charge in [-0.1, -0.05) is 18.2 Å². The lowest BCUT2D eigenvalue weighted by molar-refractivity contribution is -0.122. The largest absolute Gasteiger partial charge is 0.493 e. The summed E-state index contributed by atoms with van der Waals surface area (Å²) in [5, 5.41) is 2.23. The zero-order valence-electron chi connectivity index (χ0n) is 19.7. The molecule has 0 aliphatic carbocycles. The number of ether oxygens (including phenoxy) is 2. The third-order valence-electron chi connectivity index (χ3n) is 5.69. The Bertz CT molecular complexity index is 1420. The van der Waals surface area contributed by atoms with Gasteiger partial charge in [-0.2, -0.15) is 0 Å². The van der Waals surface area contributed by atoms with Crippen LogP contribution in [0.1, 0.15) is 22.3 Å². The summed E-state index contributed by atoms with van der Waals surface area (Å²) in [6, 6.07) is 13.8. The predicted molar refractivity (Wildman–Crippen MR) is 141 cm³/mol. The summed E-state index contributed by atoms with van der Waals surface area (Å²) in [7, 11) is 1.47. The summed E-state index contributed by atoms with van der Waals surface area (Å²) in [5.74, 6) is -1.06. The van der Waals surface area contributed by atoms with Crippen LogP contribution in [-0.2, 0) is 16.2 Å². The third-order valence-corrected chi connectivity index (χ3v) is 6.49. The van der Waals surface area contributed by atoms with Crippen molar-refractivity contribution in [1.82, 2.24) is 5.32 Å². The molecular formula is C27H22FIN2O5. The number of halogens is 2. The highest BCUT2D eigenvalue weighted by Gasteiger charge is 2.37. The van der Waals surface area contributed by atoms with Crippen LogP contribution in [0.3, 0.4) is 0 Å². The summed E-state index contributed by atoms with van der Waals surface area (Å²) in [5.41, 5.74) is 3.24. The SMILES string of the molecule is COc1cc(/C=C2\C(=O)NC(=O)N(c3ccc(C)c(C)c3)C2=O)cc(I)c1OCc1cccc(F)c1. The number of carbonyl (C=O) groups excluding carboxylic acids is 3. The topological polar surface area (TPSA) is 84.9 Å². The van der Waals surface area contributed by atoms with Crippen molar-refractivity contribution in [2.45, 2.75) is 20.5 Å². The van der Waals surface area contributed by atoms with Crippen molar-refractivity contribution in [3.05, 3.63) is 91.8 Å². The second-order valence-corrected chi connectivity index (χ2v) is 9.34. The number of aryl methyl sites for hydroxylation is 2. The minimum atomic E-state index is -0.807. The first-order chi connectivity index (χ1) is 17.2. The summed E-state index contributed by atoms with van der Waals surface area (Å²) >= 11 is 2.05. The summed E-state index contributed by atoms with van der Waals surface area (Å²) in [6.45, 7) is 3.92. The van der Waals surface area contributed by atoms with E-state index in [0.717, 1.165) is 16.0 Å². The molecule has 3 aromatic rings. The van der Waals surface area contributed by atoms with Crippen molar-refractivity contribution in [2.24, 2.45) is 0 Å². The number of imide groups is 2. The quantitative estimate of drug-likeness (QED) is 0.236. The molecule has 1 heterocycles. The number of nitrogens with one attached hydrogen (secondary N) is 1. The predicted octanol–water partition coefficient (Wildman–Crippen LogP) is 5.30. The molecule has 184 valence electrons. The van der Waals surface area contributed by atoms with E-state index >= 15 is 0 Å². The Kier molecular flexibility index (Phi) is 7.39. The molecule has 0 atom stereocenters.